The number of hydrogen-bond acceptors (Lipinski definition) is 7. The molecule has 0 amide bonds. The van der Waals surface area contributed by atoms with E-state index in [1.54, 1.807) is 31.2 Å². The van der Waals surface area contributed by atoms with Gasteiger partial charge in [-0.05, 0) is 65.4 Å². The minimum Gasteiger partial charge on any atom is -0.416 e. The highest BCUT2D eigenvalue weighted by atomic mass is 31.2. The van der Waals surface area contributed by atoms with Crippen molar-refractivity contribution in [2.45, 2.75) is 57.9 Å². The summed E-state index contributed by atoms with van der Waals surface area (Å²) in [7, 11) is -6.67. The highest BCUT2D eigenvalue weighted by Gasteiger charge is 2.51. The Bertz CT molecular complexity index is 1970. The van der Waals surface area contributed by atoms with Crippen LogP contribution >= 0.6 is 7.60 Å². The maximum atomic E-state index is 14.5. The lowest BCUT2D eigenvalue weighted by atomic mass is 9.98. The van der Waals surface area contributed by atoms with E-state index in [2.05, 4.69) is 50.0 Å². The summed E-state index contributed by atoms with van der Waals surface area (Å²) in [5.74, 6) is 0.692. The topological polar surface area (TPSA) is 109 Å². The number of aromatic amines is 1. The van der Waals surface area contributed by atoms with Crippen LogP contribution in [0.1, 0.15) is 45.4 Å². The average molecular weight is 725 g/mol. The lowest BCUT2D eigenvalue weighted by Crippen LogP contribution is -2.67. The van der Waals surface area contributed by atoms with Crippen molar-refractivity contribution in [1.82, 2.24) is 9.55 Å². The Morgan fingerprint density at radius 2 is 1.29 bits per heavy atom. The second-order valence-corrected chi connectivity index (χ2v) is 20.3. The van der Waals surface area contributed by atoms with Gasteiger partial charge in [0.05, 0.1) is 18.9 Å². The first kappa shape index (κ1) is 36.3. The molecular weight excluding hydrogens is 680 g/mol. The van der Waals surface area contributed by atoms with E-state index in [0.29, 0.717) is 29.9 Å². The molecule has 11 heteroatoms. The van der Waals surface area contributed by atoms with E-state index in [4.69, 9.17) is 18.2 Å². The Labute approximate surface area is 299 Å². The van der Waals surface area contributed by atoms with E-state index in [1.807, 2.05) is 72.8 Å². The van der Waals surface area contributed by atoms with Crippen LogP contribution in [-0.2, 0) is 13.7 Å². The highest BCUT2D eigenvalue weighted by molar-refractivity contribution is 7.54. The monoisotopic (exact) mass is 724 g/mol. The molecule has 266 valence electrons. The van der Waals surface area contributed by atoms with Gasteiger partial charge in [0.2, 0.25) is 0 Å². The molecule has 9 nitrogen and oxygen atoms in total. The molecule has 51 heavy (non-hydrogen) atoms. The summed E-state index contributed by atoms with van der Waals surface area (Å²) < 4.78 is 42.2. The number of ether oxygens (including phenoxy) is 1. The summed E-state index contributed by atoms with van der Waals surface area (Å²) in [6, 6.07) is 38.8. The largest absolute Gasteiger partial charge is 0.430 e. The zero-order valence-electron chi connectivity index (χ0n) is 29.4. The van der Waals surface area contributed by atoms with Gasteiger partial charge in [0.1, 0.15) is 17.7 Å². The third kappa shape index (κ3) is 8.21. The van der Waals surface area contributed by atoms with E-state index >= 15 is 0 Å². The maximum absolute atomic E-state index is 14.5. The molecule has 1 aromatic heterocycles. The SMILES string of the molecule is Cc1cn([C@H]2C[C@H](CCP(=O)(Oc3ccccc3)Oc3ccccc3)[C@@H](CO[Si](c3ccccc3)(c3ccccc3)C(C)(C)C)O2)c(=O)[nH]c1=O. The van der Waals surface area contributed by atoms with Crippen LogP contribution in [0, 0.1) is 12.8 Å². The normalized spacial score (nSPS) is 18.0. The Hall–Kier alpha value is -4.47. The number of nitrogens with zero attached hydrogens (tertiary/aromatic N) is 1. The number of hydrogen-bond donors (Lipinski definition) is 1. The van der Waals surface area contributed by atoms with Gasteiger partial charge in [0.25, 0.3) is 13.9 Å². The van der Waals surface area contributed by atoms with Crippen LogP contribution in [0.25, 0.3) is 0 Å². The molecule has 5 aromatic rings. The third-order valence-corrected chi connectivity index (χ3v) is 16.2. The fraction of sp³-hybridized carbons (Fsp3) is 0.300. The molecule has 0 bridgehead atoms. The quantitative estimate of drug-likeness (QED) is 0.102. The molecule has 1 fully saturated rings. The van der Waals surface area contributed by atoms with Crippen molar-refractivity contribution < 1.29 is 22.8 Å². The van der Waals surface area contributed by atoms with Gasteiger partial charge in [0.15, 0.2) is 0 Å². The van der Waals surface area contributed by atoms with Gasteiger partial charge in [-0.1, -0.05) is 118 Å². The maximum Gasteiger partial charge on any atom is 0.430 e. The van der Waals surface area contributed by atoms with E-state index in [-0.39, 0.29) is 23.7 Å². The molecule has 0 aliphatic carbocycles. The van der Waals surface area contributed by atoms with Crippen molar-refractivity contribution in [2.24, 2.45) is 5.92 Å². The molecule has 6 rings (SSSR count). The molecule has 2 heterocycles. The van der Waals surface area contributed by atoms with E-state index in [0.717, 1.165) is 10.4 Å². The predicted octanol–water partition coefficient (Wildman–Crippen LogP) is 7.07. The van der Waals surface area contributed by atoms with Crippen molar-refractivity contribution in [3.8, 4) is 11.5 Å². The zero-order valence-corrected chi connectivity index (χ0v) is 31.3. The Balaban J connectivity index is 1.34. The first-order valence-electron chi connectivity index (χ1n) is 17.3. The Morgan fingerprint density at radius 3 is 1.78 bits per heavy atom. The molecular formula is C40H45N2O7PSi. The van der Waals surface area contributed by atoms with Crippen LogP contribution in [0.5, 0.6) is 11.5 Å². The molecule has 1 aliphatic rings. The van der Waals surface area contributed by atoms with Gasteiger partial charge in [-0.2, -0.15) is 0 Å². The molecule has 1 N–H and O–H groups in total. The summed E-state index contributed by atoms with van der Waals surface area (Å²) in [5, 5.41) is 2.01. The lowest BCUT2D eigenvalue weighted by Gasteiger charge is -2.43. The minimum absolute atomic E-state index is 0.0901. The summed E-state index contributed by atoms with van der Waals surface area (Å²) in [5.41, 5.74) is -0.582. The van der Waals surface area contributed by atoms with E-state index in [1.165, 1.54) is 10.8 Å². The van der Waals surface area contributed by atoms with Gasteiger partial charge >= 0.3 is 13.3 Å². The fourth-order valence-corrected chi connectivity index (χ4v) is 13.2. The number of rotatable bonds is 13. The third-order valence-electron chi connectivity index (χ3n) is 9.45. The van der Waals surface area contributed by atoms with Gasteiger partial charge in [-0.25, -0.2) is 9.36 Å². The highest BCUT2D eigenvalue weighted by Crippen LogP contribution is 2.51. The minimum atomic E-state index is -3.74. The van der Waals surface area contributed by atoms with Crippen LogP contribution in [0.4, 0.5) is 0 Å². The molecule has 0 spiro atoms. The zero-order chi connectivity index (χ0) is 36.1. The number of para-hydroxylation sites is 2. The van der Waals surface area contributed by atoms with Gasteiger partial charge < -0.3 is 18.2 Å². The molecule has 3 atom stereocenters. The van der Waals surface area contributed by atoms with Crippen molar-refractivity contribution in [2.75, 3.05) is 12.8 Å². The molecule has 1 aliphatic heterocycles. The van der Waals surface area contributed by atoms with Crippen LogP contribution in [0.3, 0.4) is 0 Å². The molecule has 0 unspecified atom stereocenters. The molecule has 1 saturated heterocycles. The van der Waals surface area contributed by atoms with Gasteiger partial charge in [-0.15, -0.1) is 0 Å². The first-order chi connectivity index (χ1) is 24.5. The Morgan fingerprint density at radius 1 is 0.804 bits per heavy atom. The van der Waals surface area contributed by atoms with Gasteiger partial charge in [0, 0.05) is 11.8 Å². The van der Waals surface area contributed by atoms with Gasteiger partial charge in [-0.3, -0.25) is 14.3 Å². The van der Waals surface area contributed by atoms with Crippen LogP contribution < -0.4 is 30.7 Å². The van der Waals surface area contributed by atoms with Crippen molar-refractivity contribution in [3.63, 3.8) is 0 Å². The van der Waals surface area contributed by atoms with Crippen molar-refractivity contribution in [1.29, 1.82) is 0 Å². The van der Waals surface area contributed by atoms with Crippen molar-refractivity contribution >= 4 is 26.3 Å². The summed E-state index contributed by atoms with van der Waals surface area (Å²) in [6.45, 7) is 8.54. The van der Waals surface area contributed by atoms with Crippen LogP contribution in [0.2, 0.25) is 5.04 Å². The number of aromatic nitrogens is 2. The number of nitrogens with one attached hydrogen (secondary N) is 1. The second kappa shape index (κ2) is 15.4. The number of H-pyrrole nitrogens is 1. The fourth-order valence-electron chi connectivity index (χ4n) is 6.92. The summed E-state index contributed by atoms with van der Waals surface area (Å²) >= 11 is 0. The van der Waals surface area contributed by atoms with Crippen molar-refractivity contribution in [3.05, 3.63) is 154 Å². The molecule has 4 aromatic carbocycles. The number of benzene rings is 4. The average Bonchev–Trinajstić information content (AvgIpc) is 3.53. The Kier molecular flexibility index (Phi) is 11.0. The summed E-state index contributed by atoms with van der Waals surface area (Å²) in [4.78, 5) is 27.7. The second-order valence-electron chi connectivity index (χ2n) is 14.0. The lowest BCUT2D eigenvalue weighted by molar-refractivity contribution is -0.0296. The summed E-state index contributed by atoms with van der Waals surface area (Å²) in [6.07, 6.45) is 1.31. The van der Waals surface area contributed by atoms with Crippen LogP contribution in [0.15, 0.2) is 137 Å². The smallest absolute Gasteiger partial charge is 0.416 e. The molecule has 0 saturated carbocycles. The molecule has 0 radical (unpaired) electrons. The first-order valence-corrected chi connectivity index (χ1v) is 20.9. The van der Waals surface area contributed by atoms with E-state index < -0.39 is 39.5 Å². The standard InChI is InChI=1S/C40H45N2O7PSi/c1-30-28-42(39(44)41-38(30)43)37-27-31(25-26-50(45,48-32-17-9-5-10-18-32)49-33-19-11-6-12-20-33)36(47-37)29-46-51(40(2,3)4,34-21-13-7-14-22-34)35-23-15-8-16-24-35/h5-24,28,31,36-37H,25-27,29H2,1-4H3,(H,41,43,44)/t31-,36+,37+/m0/s1. The van der Waals surface area contributed by atoms with Crippen LogP contribution in [-0.4, -0.2) is 36.7 Å². The predicted molar refractivity (Wildman–Crippen MR) is 203 cm³/mol. The number of aryl methyl sites for hydroxylation is 1. The van der Waals surface area contributed by atoms with E-state index in [9.17, 15) is 14.2 Å².